The number of benzene rings is 1. The summed E-state index contributed by atoms with van der Waals surface area (Å²) in [4.78, 5) is 24.1. The Morgan fingerprint density at radius 3 is 2.72 bits per heavy atom. The van der Waals surface area contributed by atoms with Crippen LogP contribution >= 0.6 is 0 Å². The number of amides is 2. The molecule has 2 amide bonds. The summed E-state index contributed by atoms with van der Waals surface area (Å²) in [6.45, 7) is 0.551. The number of hydrogen-bond acceptors (Lipinski definition) is 3. The second-order valence-corrected chi connectivity index (χ2v) is 7.78. The average Bonchev–Trinajstić information content (AvgIpc) is 3.17. The van der Waals surface area contributed by atoms with Crippen molar-refractivity contribution in [3.05, 3.63) is 29.8 Å². The number of carbonyl (C=O) groups excluding carboxylic acids is 2. The minimum absolute atomic E-state index is 0.0391. The predicted molar refractivity (Wildman–Crippen MR) is 93.9 cm³/mol. The van der Waals surface area contributed by atoms with Gasteiger partial charge < -0.3 is 15.4 Å². The van der Waals surface area contributed by atoms with E-state index in [1.165, 1.54) is 19.3 Å². The second kappa shape index (κ2) is 7.06. The van der Waals surface area contributed by atoms with Gasteiger partial charge in [-0.25, -0.2) is 0 Å². The lowest BCUT2D eigenvalue weighted by Crippen LogP contribution is -2.33. The fraction of sp³-hybridized carbons (Fsp3) is 0.600. The van der Waals surface area contributed by atoms with E-state index in [2.05, 4.69) is 10.6 Å². The number of fused-ring (bicyclic) bond motifs is 2. The summed E-state index contributed by atoms with van der Waals surface area (Å²) in [7, 11) is 0. The Labute approximate surface area is 148 Å². The van der Waals surface area contributed by atoms with E-state index in [1.807, 2.05) is 24.3 Å². The quantitative estimate of drug-likeness (QED) is 0.799. The van der Waals surface area contributed by atoms with Crippen LogP contribution in [0.1, 0.15) is 44.1 Å². The van der Waals surface area contributed by atoms with Crippen molar-refractivity contribution in [1.29, 1.82) is 0 Å². The smallest absolute Gasteiger partial charge is 0.258 e. The molecular formula is C20H26N2O3. The summed E-state index contributed by atoms with van der Waals surface area (Å²) in [5.74, 6) is 2.38. The third-order valence-electron chi connectivity index (χ3n) is 5.75. The monoisotopic (exact) mass is 342 g/mol. The molecule has 0 saturated heterocycles. The average molecular weight is 342 g/mol. The topological polar surface area (TPSA) is 67.4 Å². The Kier molecular flexibility index (Phi) is 4.64. The Bertz CT molecular complexity index is 656. The maximum absolute atomic E-state index is 12.4. The molecule has 1 aromatic rings. The summed E-state index contributed by atoms with van der Waals surface area (Å²) in [5.41, 5.74) is 0.997. The fourth-order valence-electron chi connectivity index (χ4n) is 4.28. The largest absolute Gasteiger partial charge is 0.484 e. The molecule has 3 saturated carbocycles. The van der Waals surface area contributed by atoms with E-state index >= 15 is 0 Å². The Hall–Kier alpha value is -2.04. The zero-order chi connectivity index (χ0) is 17.2. The summed E-state index contributed by atoms with van der Waals surface area (Å²) in [6.07, 6.45) is 6.98. The molecule has 2 bridgehead atoms. The lowest BCUT2D eigenvalue weighted by Gasteiger charge is -2.20. The van der Waals surface area contributed by atoms with E-state index in [0.717, 1.165) is 30.7 Å². The molecule has 5 nitrogen and oxygen atoms in total. The van der Waals surface area contributed by atoms with Gasteiger partial charge in [0.25, 0.3) is 5.91 Å². The van der Waals surface area contributed by atoms with Gasteiger partial charge in [-0.2, -0.15) is 0 Å². The molecule has 0 spiro atoms. The van der Waals surface area contributed by atoms with Crippen LogP contribution in [0.2, 0.25) is 0 Å². The maximum atomic E-state index is 12.4. The highest BCUT2D eigenvalue weighted by Crippen LogP contribution is 2.48. The predicted octanol–water partition coefficient (Wildman–Crippen LogP) is 2.40. The van der Waals surface area contributed by atoms with Gasteiger partial charge in [-0.3, -0.25) is 9.59 Å². The van der Waals surface area contributed by atoms with Crippen LogP contribution in [0.3, 0.4) is 0 Å². The summed E-state index contributed by atoms with van der Waals surface area (Å²) in [6, 6.07) is 7.95. The molecule has 3 atom stereocenters. The highest BCUT2D eigenvalue weighted by Gasteiger charge is 2.42. The molecule has 0 heterocycles. The van der Waals surface area contributed by atoms with Crippen LogP contribution in [-0.4, -0.2) is 24.5 Å². The number of nitrogens with one attached hydrogen (secondary N) is 2. The number of ether oxygens (including phenoxy) is 1. The lowest BCUT2D eigenvalue weighted by molar-refractivity contribution is -0.126. The molecule has 25 heavy (non-hydrogen) atoms. The second-order valence-electron chi connectivity index (χ2n) is 7.78. The molecule has 134 valence electrons. The standard InChI is InChI=1S/C20H26N2O3/c23-19(22-16-6-7-16)12-25-17-3-1-2-14(9-17)11-21-20(24)18-10-13-4-5-15(18)8-13/h1-3,9,13,15-16,18H,4-8,10-12H2,(H,21,24)(H,22,23). The van der Waals surface area contributed by atoms with Gasteiger partial charge in [-0.15, -0.1) is 0 Å². The van der Waals surface area contributed by atoms with E-state index in [-0.39, 0.29) is 24.3 Å². The molecule has 2 N–H and O–H groups in total. The van der Waals surface area contributed by atoms with Crippen LogP contribution in [-0.2, 0) is 16.1 Å². The molecule has 3 aliphatic rings. The first-order valence-electron chi connectivity index (χ1n) is 9.46. The van der Waals surface area contributed by atoms with Gasteiger partial charge in [0.2, 0.25) is 5.91 Å². The molecule has 4 rings (SSSR count). The third-order valence-corrected chi connectivity index (χ3v) is 5.75. The van der Waals surface area contributed by atoms with Gasteiger partial charge in [-0.1, -0.05) is 18.6 Å². The summed E-state index contributed by atoms with van der Waals surface area (Å²) in [5, 5.41) is 5.98. The first-order valence-corrected chi connectivity index (χ1v) is 9.46. The molecular weight excluding hydrogens is 316 g/mol. The van der Waals surface area contributed by atoms with Crippen molar-refractivity contribution in [3.63, 3.8) is 0 Å². The Balaban J connectivity index is 1.24. The van der Waals surface area contributed by atoms with Crippen molar-refractivity contribution in [3.8, 4) is 5.75 Å². The van der Waals surface area contributed by atoms with Gasteiger partial charge in [0.1, 0.15) is 5.75 Å². The van der Waals surface area contributed by atoms with Crippen molar-refractivity contribution in [1.82, 2.24) is 10.6 Å². The molecule has 0 aromatic heterocycles. The van der Waals surface area contributed by atoms with Crippen molar-refractivity contribution < 1.29 is 14.3 Å². The van der Waals surface area contributed by atoms with Crippen LogP contribution in [0.4, 0.5) is 0 Å². The van der Waals surface area contributed by atoms with Crippen LogP contribution in [0, 0.1) is 17.8 Å². The normalized spacial score (nSPS) is 27.1. The van der Waals surface area contributed by atoms with Crippen LogP contribution < -0.4 is 15.4 Å². The summed E-state index contributed by atoms with van der Waals surface area (Å²) < 4.78 is 5.56. The van der Waals surface area contributed by atoms with Crippen LogP contribution in [0.25, 0.3) is 0 Å². The zero-order valence-corrected chi connectivity index (χ0v) is 14.5. The minimum atomic E-state index is -0.0718. The highest BCUT2D eigenvalue weighted by molar-refractivity contribution is 5.79. The Morgan fingerprint density at radius 1 is 1.12 bits per heavy atom. The van der Waals surface area contributed by atoms with Gasteiger partial charge in [0.05, 0.1) is 0 Å². The van der Waals surface area contributed by atoms with Crippen molar-refractivity contribution >= 4 is 11.8 Å². The van der Waals surface area contributed by atoms with Gasteiger partial charge in [0, 0.05) is 18.5 Å². The van der Waals surface area contributed by atoms with Crippen molar-refractivity contribution in [2.45, 2.75) is 51.1 Å². The lowest BCUT2D eigenvalue weighted by atomic mass is 9.88. The van der Waals surface area contributed by atoms with Gasteiger partial charge >= 0.3 is 0 Å². The van der Waals surface area contributed by atoms with Crippen molar-refractivity contribution in [2.24, 2.45) is 17.8 Å². The minimum Gasteiger partial charge on any atom is -0.484 e. The molecule has 3 aliphatic carbocycles. The van der Waals surface area contributed by atoms with Gasteiger partial charge in [-0.05, 0) is 61.6 Å². The van der Waals surface area contributed by atoms with E-state index in [1.54, 1.807) is 0 Å². The number of hydrogen-bond donors (Lipinski definition) is 2. The first-order chi connectivity index (χ1) is 12.2. The SMILES string of the molecule is O=C(COc1cccc(CNC(=O)C2CC3CCC2C3)c1)NC1CC1. The molecule has 1 aromatic carbocycles. The van der Waals surface area contributed by atoms with E-state index in [0.29, 0.717) is 24.3 Å². The van der Waals surface area contributed by atoms with Crippen LogP contribution in [0.5, 0.6) is 5.75 Å². The van der Waals surface area contributed by atoms with Crippen molar-refractivity contribution in [2.75, 3.05) is 6.61 Å². The highest BCUT2D eigenvalue weighted by atomic mass is 16.5. The van der Waals surface area contributed by atoms with E-state index in [4.69, 9.17) is 4.74 Å². The van der Waals surface area contributed by atoms with E-state index in [9.17, 15) is 9.59 Å². The molecule has 0 radical (unpaired) electrons. The van der Waals surface area contributed by atoms with Crippen LogP contribution in [0.15, 0.2) is 24.3 Å². The van der Waals surface area contributed by atoms with Gasteiger partial charge in [0.15, 0.2) is 6.61 Å². The van der Waals surface area contributed by atoms with E-state index < -0.39 is 0 Å². The number of carbonyl (C=O) groups is 2. The molecule has 3 unspecified atom stereocenters. The Morgan fingerprint density at radius 2 is 2.00 bits per heavy atom. The molecule has 5 heteroatoms. The summed E-state index contributed by atoms with van der Waals surface area (Å²) >= 11 is 0. The maximum Gasteiger partial charge on any atom is 0.258 e. The number of rotatable bonds is 7. The third kappa shape index (κ3) is 4.14. The fourth-order valence-corrected chi connectivity index (χ4v) is 4.28. The molecule has 0 aliphatic heterocycles. The molecule has 3 fully saturated rings. The zero-order valence-electron chi connectivity index (χ0n) is 14.5. The first kappa shape index (κ1) is 16.4.